The molecule has 2 heterocycles. The molecule has 7 nitrogen and oxygen atoms in total. The van der Waals surface area contributed by atoms with Gasteiger partial charge in [0, 0.05) is 12.8 Å². The number of nitriles is 1. The first-order valence-corrected chi connectivity index (χ1v) is 11.2. The first-order chi connectivity index (χ1) is 15.3. The maximum absolute atomic E-state index is 12.6. The minimum absolute atomic E-state index is 0.00796. The van der Waals surface area contributed by atoms with Gasteiger partial charge in [-0.1, -0.05) is 11.6 Å². The van der Waals surface area contributed by atoms with E-state index in [1.165, 1.54) is 5.57 Å². The van der Waals surface area contributed by atoms with Crippen molar-refractivity contribution in [3.05, 3.63) is 41.5 Å². The molecule has 6 atom stereocenters. The summed E-state index contributed by atoms with van der Waals surface area (Å²) in [6, 6.07) is 9.03. The van der Waals surface area contributed by atoms with Crippen LogP contribution in [0.1, 0.15) is 45.6 Å². The second-order valence-electron chi connectivity index (χ2n) is 9.45. The molecule has 0 aromatic heterocycles. The Kier molecular flexibility index (Phi) is 6.30. The van der Waals surface area contributed by atoms with E-state index in [0.717, 1.165) is 18.5 Å². The number of rotatable bonds is 8. The second kappa shape index (κ2) is 8.86. The summed E-state index contributed by atoms with van der Waals surface area (Å²) in [6.45, 7) is 7.05. The SMILES string of the molecule is CO[C@@H]1[C@H](OC(=O)CNc2ccc(C#N)cc2)CC[C@]2(CO2)[C@H]1[C@@]1(C)OC1CC=C(C)C. The van der Waals surface area contributed by atoms with Gasteiger partial charge in [-0.3, -0.25) is 4.79 Å². The summed E-state index contributed by atoms with van der Waals surface area (Å²) in [5, 5.41) is 11.9. The maximum Gasteiger partial charge on any atom is 0.325 e. The fraction of sp³-hybridized carbons (Fsp3) is 0.600. The Bertz CT molecular complexity index is 913. The van der Waals surface area contributed by atoms with E-state index in [-0.39, 0.29) is 47.9 Å². The molecule has 32 heavy (non-hydrogen) atoms. The minimum Gasteiger partial charge on any atom is -0.458 e. The van der Waals surface area contributed by atoms with Crippen LogP contribution >= 0.6 is 0 Å². The minimum atomic E-state index is -0.352. The van der Waals surface area contributed by atoms with E-state index < -0.39 is 0 Å². The molecule has 4 rings (SSSR count). The van der Waals surface area contributed by atoms with E-state index >= 15 is 0 Å². The Morgan fingerprint density at radius 3 is 2.66 bits per heavy atom. The smallest absolute Gasteiger partial charge is 0.325 e. The predicted molar refractivity (Wildman–Crippen MR) is 119 cm³/mol. The number of nitrogens with zero attached hydrogens (tertiary/aromatic N) is 1. The summed E-state index contributed by atoms with van der Waals surface area (Å²) in [5.41, 5.74) is 2.02. The van der Waals surface area contributed by atoms with Crippen LogP contribution in [0.2, 0.25) is 0 Å². The van der Waals surface area contributed by atoms with Crippen molar-refractivity contribution < 1.29 is 23.7 Å². The normalized spacial score (nSPS) is 35.0. The number of carbonyl (C=O) groups excluding carboxylic acids is 1. The quantitative estimate of drug-likeness (QED) is 0.375. The van der Waals surface area contributed by atoms with Crippen molar-refractivity contribution in [2.24, 2.45) is 5.92 Å². The number of ether oxygens (including phenoxy) is 4. The van der Waals surface area contributed by atoms with Crippen molar-refractivity contribution >= 4 is 11.7 Å². The molecule has 2 aliphatic heterocycles. The standard InChI is InChI=1S/C25H32N2O5/c1-16(2)5-10-20-24(3,32-20)23-22(29-4)19(11-12-25(23)15-30-25)31-21(28)14-27-18-8-6-17(13-26)7-9-18/h5-9,19-20,22-23,27H,10-12,14-15H2,1-4H3/t19-,20?,22-,23-,24+,25+/m1/s1. The van der Waals surface area contributed by atoms with Crippen LogP contribution in [-0.2, 0) is 23.7 Å². The lowest BCUT2D eigenvalue weighted by Gasteiger charge is -2.42. The van der Waals surface area contributed by atoms with Gasteiger partial charge >= 0.3 is 5.97 Å². The number of hydrogen-bond acceptors (Lipinski definition) is 7. The highest BCUT2D eigenvalue weighted by atomic mass is 16.6. The third-order valence-corrected chi connectivity index (χ3v) is 6.97. The van der Waals surface area contributed by atoms with Crippen molar-refractivity contribution in [1.29, 1.82) is 5.26 Å². The molecule has 0 amide bonds. The highest BCUT2D eigenvalue weighted by Crippen LogP contribution is 2.59. The fourth-order valence-electron chi connectivity index (χ4n) is 5.12. The lowest BCUT2D eigenvalue weighted by Crippen LogP contribution is -2.55. The van der Waals surface area contributed by atoms with E-state index in [0.29, 0.717) is 18.6 Å². The van der Waals surface area contributed by atoms with Crippen LogP contribution in [-0.4, -0.2) is 55.7 Å². The number of anilines is 1. The van der Waals surface area contributed by atoms with Crippen LogP contribution in [0, 0.1) is 17.2 Å². The van der Waals surface area contributed by atoms with Crippen LogP contribution in [0.25, 0.3) is 0 Å². The third-order valence-electron chi connectivity index (χ3n) is 6.97. The summed E-state index contributed by atoms with van der Waals surface area (Å²) in [7, 11) is 1.67. The highest BCUT2D eigenvalue weighted by molar-refractivity contribution is 5.75. The molecule has 1 aromatic carbocycles. The number of epoxide rings is 2. The number of benzene rings is 1. The molecule has 1 unspecified atom stereocenters. The Morgan fingerprint density at radius 2 is 2.06 bits per heavy atom. The van der Waals surface area contributed by atoms with E-state index in [9.17, 15) is 4.79 Å². The van der Waals surface area contributed by atoms with E-state index in [1.807, 2.05) is 0 Å². The topological polar surface area (TPSA) is 96.4 Å². The first-order valence-electron chi connectivity index (χ1n) is 11.2. The number of esters is 1. The van der Waals surface area contributed by atoms with Gasteiger partial charge in [0.1, 0.15) is 30.0 Å². The van der Waals surface area contributed by atoms with Crippen molar-refractivity contribution in [2.45, 2.75) is 69.5 Å². The summed E-state index contributed by atoms with van der Waals surface area (Å²) in [4.78, 5) is 12.6. The molecule has 3 aliphatic rings. The Labute approximate surface area is 189 Å². The monoisotopic (exact) mass is 440 g/mol. The van der Waals surface area contributed by atoms with Crippen LogP contribution < -0.4 is 5.32 Å². The van der Waals surface area contributed by atoms with Gasteiger partial charge in [-0.25, -0.2) is 0 Å². The first kappa shape index (κ1) is 22.8. The zero-order valence-electron chi connectivity index (χ0n) is 19.2. The van der Waals surface area contributed by atoms with E-state index in [2.05, 4.69) is 38.2 Å². The molecule has 1 aliphatic carbocycles. The molecule has 1 N–H and O–H groups in total. The average molecular weight is 441 g/mol. The van der Waals surface area contributed by atoms with Crippen molar-refractivity contribution in [1.82, 2.24) is 0 Å². The lowest BCUT2D eigenvalue weighted by atomic mass is 9.68. The molecule has 7 heteroatoms. The second-order valence-corrected chi connectivity index (χ2v) is 9.45. The zero-order valence-corrected chi connectivity index (χ0v) is 19.2. The van der Waals surface area contributed by atoms with E-state index in [1.54, 1.807) is 31.4 Å². The summed E-state index contributed by atoms with van der Waals surface area (Å²) < 4.78 is 23.9. The largest absolute Gasteiger partial charge is 0.458 e. The molecule has 1 aromatic rings. The molecule has 1 saturated carbocycles. The molecular formula is C25H32N2O5. The van der Waals surface area contributed by atoms with Gasteiger partial charge in [0.15, 0.2) is 0 Å². The maximum atomic E-state index is 12.6. The summed E-state index contributed by atoms with van der Waals surface area (Å²) in [6.07, 6.45) is 4.08. The Balaban J connectivity index is 1.39. The molecule has 3 fully saturated rings. The number of carbonyl (C=O) groups is 1. The van der Waals surface area contributed by atoms with Crippen LogP contribution in [0.5, 0.6) is 0 Å². The van der Waals surface area contributed by atoms with Gasteiger partial charge in [0.05, 0.1) is 30.3 Å². The van der Waals surface area contributed by atoms with Gasteiger partial charge in [-0.05, 0) is 64.3 Å². The predicted octanol–water partition coefficient (Wildman–Crippen LogP) is 3.59. The van der Waals surface area contributed by atoms with Gasteiger partial charge < -0.3 is 24.3 Å². The van der Waals surface area contributed by atoms with Gasteiger partial charge in [-0.2, -0.15) is 5.26 Å². The number of methoxy groups -OCH3 is 1. The van der Waals surface area contributed by atoms with E-state index in [4.69, 9.17) is 24.2 Å². The van der Waals surface area contributed by atoms with Gasteiger partial charge in [-0.15, -0.1) is 0 Å². The Morgan fingerprint density at radius 1 is 1.34 bits per heavy atom. The summed E-state index contributed by atoms with van der Waals surface area (Å²) >= 11 is 0. The third kappa shape index (κ3) is 4.54. The molecule has 0 bridgehead atoms. The van der Waals surface area contributed by atoms with Crippen molar-refractivity contribution in [3.63, 3.8) is 0 Å². The summed E-state index contributed by atoms with van der Waals surface area (Å²) in [5.74, 6) is -0.329. The fourth-order valence-corrected chi connectivity index (χ4v) is 5.12. The Hall–Kier alpha value is -2.40. The molecule has 2 saturated heterocycles. The van der Waals surface area contributed by atoms with Gasteiger partial charge in [0.2, 0.25) is 0 Å². The molecule has 172 valence electrons. The highest BCUT2D eigenvalue weighted by Gasteiger charge is 2.72. The van der Waals surface area contributed by atoms with Crippen LogP contribution in [0.15, 0.2) is 35.9 Å². The number of hydrogen-bond donors (Lipinski definition) is 1. The zero-order chi connectivity index (χ0) is 22.9. The number of nitrogens with one attached hydrogen (secondary N) is 1. The molecule has 0 radical (unpaired) electrons. The number of allylic oxidation sites excluding steroid dienone is 1. The lowest BCUT2D eigenvalue weighted by molar-refractivity contribution is -0.170. The molecular weight excluding hydrogens is 408 g/mol. The average Bonchev–Trinajstić information content (AvgIpc) is 3.69. The van der Waals surface area contributed by atoms with Crippen molar-refractivity contribution in [3.8, 4) is 6.07 Å². The van der Waals surface area contributed by atoms with Crippen LogP contribution in [0.4, 0.5) is 5.69 Å². The van der Waals surface area contributed by atoms with Crippen LogP contribution in [0.3, 0.4) is 0 Å². The van der Waals surface area contributed by atoms with Crippen molar-refractivity contribution in [2.75, 3.05) is 25.6 Å². The molecule has 1 spiro atoms. The van der Waals surface area contributed by atoms with Gasteiger partial charge in [0.25, 0.3) is 0 Å².